The zero-order valence-corrected chi connectivity index (χ0v) is 13.7. The van der Waals surface area contributed by atoms with Crippen LogP contribution in [-0.2, 0) is 16.0 Å². The maximum Gasteiger partial charge on any atom is 0.313 e. The average Bonchev–Trinajstić information content (AvgIpc) is 2.76. The lowest BCUT2D eigenvalue weighted by molar-refractivity contribution is -0.245. The number of aryl methyl sites for hydroxylation is 2. The largest absolute Gasteiger partial charge is 0.459 e. The van der Waals surface area contributed by atoms with Crippen molar-refractivity contribution in [2.24, 2.45) is 17.3 Å². The summed E-state index contributed by atoms with van der Waals surface area (Å²) in [7, 11) is 0. The van der Waals surface area contributed by atoms with Gasteiger partial charge in [-0.2, -0.15) is 0 Å². The van der Waals surface area contributed by atoms with Crippen molar-refractivity contribution in [3.63, 3.8) is 0 Å². The maximum absolute atomic E-state index is 12.8. The number of hydrogen-bond acceptors (Lipinski definition) is 5. The molecule has 0 aromatic heterocycles. The van der Waals surface area contributed by atoms with Crippen LogP contribution in [0.15, 0.2) is 16.9 Å². The molecule has 1 aromatic rings. The van der Waals surface area contributed by atoms with Gasteiger partial charge in [-0.15, -0.1) is 0 Å². The Morgan fingerprint density at radius 2 is 1.96 bits per heavy atom. The molecule has 7 atom stereocenters. The molecule has 2 aliphatic heterocycles. The second-order valence-corrected chi connectivity index (χ2v) is 7.92. The third-order valence-electron chi connectivity index (χ3n) is 7.12. The Labute approximate surface area is 139 Å². The number of hydrogen-bond donors (Lipinski definition) is 2. The van der Waals surface area contributed by atoms with Crippen LogP contribution in [0.5, 0.6) is 0 Å². The van der Waals surface area contributed by atoms with Gasteiger partial charge in [0.1, 0.15) is 6.10 Å². The van der Waals surface area contributed by atoms with Crippen LogP contribution < -0.4 is 5.43 Å². The highest BCUT2D eigenvalue weighted by Crippen LogP contribution is 2.69. The van der Waals surface area contributed by atoms with E-state index in [0.29, 0.717) is 12.8 Å². The molecule has 2 N–H and O–H groups in total. The molecule has 1 aromatic carbocycles. The molecule has 2 heterocycles. The predicted molar refractivity (Wildman–Crippen MR) is 84.4 cm³/mol. The summed E-state index contributed by atoms with van der Waals surface area (Å²) >= 11 is 0. The molecule has 3 aliphatic carbocycles. The first-order valence-corrected chi connectivity index (χ1v) is 8.62. The highest BCUT2D eigenvalue weighted by atomic mass is 16.6. The summed E-state index contributed by atoms with van der Waals surface area (Å²) in [6.07, 6.45) is -1.09. The summed E-state index contributed by atoms with van der Waals surface area (Å²) < 4.78 is 5.58. The summed E-state index contributed by atoms with van der Waals surface area (Å²) in [5.41, 5.74) is 2.60. The molecule has 5 heteroatoms. The van der Waals surface area contributed by atoms with Crippen LogP contribution in [0, 0.1) is 24.2 Å². The van der Waals surface area contributed by atoms with Gasteiger partial charge in [-0.25, -0.2) is 0 Å². The van der Waals surface area contributed by atoms with Crippen molar-refractivity contribution in [2.45, 2.75) is 50.9 Å². The first-order chi connectivity index (χ1) is 11.4. The van der Waals surface area contributed by atoms with Gasteiger partial charge < -0.3 is 14.9 Å². The lowest BCUT2D eigenvalue weighted by Crippen LogP contribution is -2.67. The average molecular weight is 328 g/mol. The van der Waals surface area contributed by atoms with Crippen LogP contribution in [0.3, 0.4) is 0 Å². The minimum atomic E-state index is -0.812. The third-order valence-corrected chi connectivity index (χ3v) is 7.12. The van der Waals surface area contributed by atoms with Crippen molar-refractivity contribution < 1.29 is 19.7 Å². The van der Waals surface area contributed by atoms with E-state index in [1.54, 1.807) is 12.1 Å². The minimum absolute atomic E-state index is 0.0618. The van der Waals surface area contributed by atoms with Crippen LogP contribution >= 0.6 is 0 Å². The fourth-order valence-electron chi connectivity index (χ4n) is 6.09. The molecule has 0 amide bonds. The highest BCUT2D eigenvalue weighted by Gasteiger charge is 2.72. The summed E-state index contributed by atoms with van der Waals surface area (Å²) in [6, 6.07) is 3.22. The smallest absolute Gasteiger partial charge is 0.313 e. The molecule has 24 heavy (non-hydrogen) atoms. The van der Waals surface area contributed by atoms with Crippen LogP contribution in [0.25, 0.3) is 0 Å². The van der Waals surface area contributed by atoms with Crippen LogP contribution in [0.4, 0.5) is 0 Å². The topological polar surface area (TPSA) is 83.8 Å². The van der Waals surface area contributed by atoms with Crippen molar-refractivity contribution in [3.05, 3.63) is 44.6 Å². The van der Waals surface area contributed by atoms with E-state index in [-0.39, 0.29) is 29.2 Å². The Morgan fingerprint density at radius 3 is 2.71 bits per heavy atom. The molecule has 0 unspecified atom stereocenters. The molecule has 5 nitrogen and oxygen atoms in total. The zero-order valence-electron chi connectivity index (χ0n) is 13.7. The van der Waals surface area contributed by atoms with Gasteiger partial charge in [0, 0.05) is 17.8 Å². The molecule has 1 saturated carbocycles. The second-order valence-electron chi connectivity index (χ2n) is 7.92. The number of rotatable bonds is 0. The van der Waals surface area contributed by atoms with Gasteiger partial charge in [0.15, 0.2) is 5.43 Å². The summed E-state index contributed by atoms with van der Waals surface area (Å²) in [6.45, 7) is 3.75. The first-order valence-electron chi connectivity index (χ1n) is 8.62. The Kier molecular flexibility index (Phi) is 2.60. The number of esters is 1. The van der Waals surface area contributed by atoms with E-state index < -0.39 is 23.7 Å². The van der Waals surface area contributed by atoms with Gasteiger partial charge in [-0.05, 0) is 54.2 Å². The quantitative estimate of drug-likeness (QED) is 0.694. The monoisotopic (exact) mass is 328 g/mol. The van der Waals surface area contributed by atoms with Gasteiger partial charge in [0.2, 0.25) is 0 Å². The fourth-order valence-corrected chi connectivity index (χ4v) is 6.09. The molecule has 3 fully saturated rings. The second kappa shape index (κ2) is 4.27. The Balaban J connectivity index is 1.89. The first kappa shape index (κ1) is 14.6. The molecule has 0 radical (unpaired) electrons. The van der Waals surface area contributed by atoms with E-state index in [1.807, 2.05) is 13.8 Å². The Morgan fingerprint density at radius 1 is 1.21 bits per heavy atom. The molecule has 2 bridgehead atoms. The normalized spacial score (nSPS) is 44.2. The number of fused-ring (bicyclic) bond motifs is 2. The molecule has 5 aliphatic rings. The maximum atomic E-state index is 12.8. The number of carbonyl (C=O) groups excluding carboxylic acids is 1. The lowest BCUT2D eigenvalue weighted by Gasteiger charge is -2.59. The van der Waals surface area contributed by atoms with E-state index in [2.05, 4.69) is 0 Å². The molecular weight excluding hydrogens is 308 g/mol. The van der Waals surface area contributed by atoms with Crippen molar-refractivity contribution in [1.29, 1.82) is 0 Å². The Bertz CT molecular complexity index is 846. The Hall–Kier alpha value is -1.72. The van der Waals surface area contributed by atoms with Crippen molar-refractivity contribution >= 4 is 5.97 Å². The number of aliphatic hydroxyl groups excluding tert-OH is 2. The van der Waals surface area contributed by atoms with Crippen molar-refractivity contribution in [3.8, 4) is 0 Å². The van der Waals surface area contributed by atoms with Gasteiger partial charge >= 0.3 is 5.97 Å². The summed E-state index contributed by atoms with van der Waals surface area (Å²) in [4.78, 5) is 24.9. The zero-order chi connectivity index (χ0) is 17.0. The van der Waals surface area contributed by atoms with Gasteiger partial charge in [-0.1, -0.05) is 6.92 Å². The molecule has 2 saturated heterocycles. The molecule has 6 rings (SSSR count). The number of ether oxygens (including phenoxy) is 1. The van der Waals surface area contributed by atoms with Crippen molar-refractivity contribution in [1.82, 2.24) is 0 Å². The number of aliphatic hydroxyl groups is 2. The van der Waals surface area contributed by atoms with Crippen molar-refractivity contribution in [2.75, 3.05) is 0 Å². The number of carbonyl (C=O) groups is 1. The summed E-state index contributed by atoms with van der Waals surface area (Å²) in [5.74, 6) is -0.946. The molecule has 1 spiro atoms. The fraction of sp³-hybridized carbons (Fsp3) is 0.579. The SMILES string of the molecule is Cc1cc(=O)cc2c3c1[C@@H](O)[C@@H]1[C@H]4OC(=O)[C@](CC2)([C@H](C)[C@H]4O)[C@H]31. The molecule has 126 valence electrons. The lowest BCUT2D eigenvalue weighted by atomic mass is 9.49. The van der Waals surface area contributed by atoms with E-state index in [4.69, 9.17) is 4.74 Å². The van der Waals surface area contributed by atoms with E-state index in [9.17, 15) is 19.8 Å². The van der Waals surface area contributed by atoms with Crippen LogP contribution in [0.1, 0.15) is 47.6 Å². The van der Waals surface area contributed by atoms with E-state index in [1.165, 1.54) is 0 Å². The standard InChI is InChI=1S/C19H20O5/c1-7-5-10(20)6-9-3-4-19-8(2)15(21)17(24-18(19)23)13-14(19)12(9)11(7)16(13)22/h5-6,8,13-17,21-22H,3-4H2,1-2H3/t8-,13-,14-,15-,16-,17-,19-/m1/s1. The summed E-state index contributed by atoms with van der Waals surface area (Å²) in [5, 5.41) is 21.7. The minimum Gasteiger partial charge on any atom is -0.459 e. The predicted octanol–water partition coefficient (Wildman–Crippen LogP) is 0.971. The third kappa shape index (κ3) is 1.37. The van der Waals surface area contributed by atoms with Gasteiger partial charge in [-0.3, -0.25) is 9.59 Å². The van der Waals surface area contributed by atoms with Crippen LogP contribution in [-0.4, -0.2) is 28.4 Å². The van der Waals surface area contributed by atoms with E-state index in [0.717, 1.165) is 22.3 Å². The molecular formula is C19H20O5. The highest BCUT2D eigenvalue weighted by molar-refractivity contribution is 5.83. The van der Waals surface area contributed by atoms with E-state index >= 15 is 0 Å². The van der Waals surface area contributed by atoms with Crippen LogP contribution in [0.2, 0.25) is 0 Å². The van der Waals surface area contributed by atoms with Gasteiger partial charge in [0.05, 0.1) is 17.6 Å². The van der Waals surface area contributed by atoms with Gasteiger partial charge in [0.25, 0.3) is 0 Å².